The number of hydrogen-bond donors (Lipinski definition) is 1. The van der Waals surface area contributed by atoms with Gasteiger partial charge in [0.1, 0.15) is 11.7 Å². The summed E-state index contributed by atoms with van der Waals surface area (Å²) in [6, 6.07) is 0. The molecule has 0 radical (unpaired) electrons. The van der Waals surface area contributed by atoms with Crippen LogP contribution in [0.2, 0.25) is 0 Å². The fraction of sp³-hybridized carbons (Fsp3) is 0.667. The van der Waals surface area contributed by atoms with Gasteiger partial charge in [0.05, 0.1) is 0 Å². The normalized spacial score (nSPS) is 47.6. The van der Waals surface area contributed by atoms with E-state index in [1.807, 2.05) is 6.92 Å². The lowest BCUT2D eigenvalue weighted by atomic mass is 9.75. The molecule has 0 aromatic carbocycles. The zero-order valence-electron chi connectivity index (χ0n) is 10.8. The van der Waals surface area contributed by atoms with Crippen LogP contribution in [0.4, 0.5) is 0 Å². The first-order valence-electron chi connectivity index (χ1n) is 6.76. The second-order valence-electron chi connectivity index (χ2n) is 6.07. The van der Waals surface area contributed by atoms with E-state index in [1.54, 1.807) is 0 Å². The third-order valence-corrected chi connectivity index (χ3v) is 5.27. The van der Waals surface area contributed by atoms with Gasteiger partial charge in [-0.1, -0.05) is 25.7 Å². The highest BCUT2D eigenvalue weighted by Crippen LogP contribution is 2.54. The molecule has 3 fully saturated rings. The first-order chi connectivity index (χ1) is 8.46. The van der Waals surface area contributed by atoms with Gasteiger partial charge in [0.15, 0.2) is 0 Å². The van der Waals surface area contributed by atoms with Crippen molar-refractivity contribution in [2.24, 2.45) is 17.8 Å². The highest BCUT2D eigenvalue weighted by atomic mass is 16.6. The predicted molar refractivity (Wildman–Crippen MR) is 67.7 cm³/mol. The minimum Gasteiger partial charge on any atom is -0.455 e. The van der Waals surface area contributed by atoms with Crippen molar-refractivity contribution in [3.05, 3.63) is 24.3 Å². The Hall–Kier alpha value is -1.09. The summed E-state index contributed by atoms with van der Waals surface area (Å²) in [6.07, 6.45) is 3.17. The second-order valence-corrected chi connectivity index (χ2v) is 6.07. The molecule has 3 heteroatoms. The molecule has 3 aliphatic rings. The van der Waals surface area contributed by atoms with E-state index >= 15 is 0 Å². The summed E-state index contributed by atoms with van der Waals surface area (Å²) in [5.74, 6) is -0.154. The second kappa shape index (κ2) is 3.70. The summed E-state index contributed by atoms with van der Waals surface area (Å²) in [4.78, 5) is 11.7. The smallest absolute Gasteiger partial charge is 0.334 e. The summed E-state index contributed by atoms with van der Waals surface area (Å²) in [5, 5.41) is 11.2. The van der Waals surface area contributed by atoms with Crippen LogP contribution in [0.3, 0.4) is 0 Å². The number of fused-ring (bicyclic) bond motifs is 3. The van der Waals surface area contributed by atoms with Gasteiger partial charge in [-0.2, -0.15) is 0 Å². The molecule has 0 bridgehead atoms. The minimum absolute atomic E-state index is 0.0372. The maximum absolute atomic E-state index is 11.7. The van der Waals surface area contributed by atoms with Crippen LogP contribution in [0.1, 0.15) is 32.6 Å². The van der Waals surface area contributed by atoms with Crippen molar-refractivity contribution < 1.29 is 14.6 Å². The molecule has 1 N–H and O–H groups in total. The number of esters is 1. The fourth-order valence-corrected chi connectivity index (χ4v) is 4.10. The van der Waals surface area contributed by atoms with E-state index in [0.717, 1.165) is 31.3 Å². The van der Waals surface area contributed by atoms with Gasteiger partial charge in [-0.25, -0.2) is 4.79 Å². The van der Waals surface area contributed by atoms with Crippen LogP contribution in [0.15, 0.2) is 24.3 Å². The number of carbonyl (C=O) groups is 1. The SMILES string of the molecule is C=C1CC[C@H]2C(=C)C(=O)O[C@@H]2[C@@]2(O)[C@@H]1CC[C@@H]2C. The average molecular weight is 248 g/mol. The lowest BCUT2D eigenvalue weighted by Gasteiger charge is -2.38. The quantitative estimate of drug-likeness (QED) is 0.406. The van der Waals surface area contributed by atoms with E-state index in [4.69, 9.17) is 4.74 Å². The fourth-order valence-electron chi connectivity index (χ4n) is 4.10. The summed E-state index contributed by atoms with van der Waals surface area (Å²) >= 11 is 0. The van der Waals surface area contributed by atoms with E-state index < -0.39 is 11.7 Å². The summed E-state index contributed by atoms with van der Waals surface area (Å²) in [6.45, 7) is 10.0. The number of aliphatic hydroxyl groups is 1. The van der Waals surface area contributed by atoms with E-state index in [9.17, 15) is 9.90 Å². The van der Waals surface area contributed by atoms with Crippen LogP contribution >= 0.6 is 0 Å². The Kier molecular flexibility index (Phi) is 2.46. The number of rotatable bonds is 0. The van der Waals surface area contributed by atoms with Crippen molar-refractivity contribution >= 4 is 5.97 Å². The first kappa shape index (κ1) is 12.0. The maximum Gasteiger partial charge on any atom is 0.334 e. The monoisotopic (exact) mass is 248 g/mol. The van der Waals surface area contributed by atoms with Crippen molar-refractivity contribution in [1.82, 2.24) is 0 Å². The van der Waals surface area contributed by atoms with Crippen molar-refractivity contribution in [2.45, 2.75) is 44.3 Å². The first-order valence-corrected chi connectivity index (χ1v) is 6.76. The lowest BCUT2D eigenvalue weighted by Crippen LogP contribution is -2.51. The Morgan fingerprint density at radius 2 is 2.06 bits per heavy atom. The Morgan fingerprint density at radius 1 is 1.33 bits per heavy atom. The molecule has 3 rings (SSSR count). The molecule has 2 aliphatic carbocycles. The molecule has 1 aliphatic heterocycles. The standard InChI is InChI=1S/C15H20O3/c1-8-4-6-11-10(3)14(16)18-13(11)15(17)9(2)5-7-12(8)15/h9,11-13,17H,1,3-7H2,2H3/t9-,11-,12+,13-,15-/m0/s1. The average Bonchev–Trinajstić information content (AvgIpc) is 2.75. The highest BCUT2D eigenvalue weighted by Gasteiger charge is 2.61. The number of carbonyl (C=O) groups excluding carboxylic acids is 1. The van der Waals surface area contributed by atoms with Crippen LogP contribution in [0, 0.1) is 17.8 Å². The van der Waals surface area contributed by atoms with Gasteiger partial charge >= 0.3 is 5.97 Å². The molecular weight excluding hydrogens is 228 g/mol. The molecule has 2 saturated carbocycles. The van der Waals surface area contributed by atoms with Crippen molar-refractivity contribution in [3.63, 3.8) is 0 Å². The highest BCUT2D eigenvalue weighted by molar-refractivity contribution is 5.91. The van der Waals surface area contributed by atoms with Gasteiger partial charge in [0.25, 0.3) is 0 Å². The van der Waals surface area contributed by atoms with Gasteiger partial charge in [-0.15, -0.1) is 0 Å². The van der Waals surface area contributed by atoms with E-state index in [2.05, 4.69) is 13.2 Å². The molecular formula is C15H20O3. The van der Waals surface area contributed by atoms with Gasteiger partial charge in [0.2, 0.25) is 0 Å². The Balaban J connectivity index is 2.07. The molecule has 98 valence electrons. The van der Waals surface area contributed by atoms with Gasteiger partial charge in [-0.05, 0) is 31.6 Å². The topological polar surface area (TPSA) is 46.5 Å². The Morgan fingerprint density at radius 3 is 2.78 bits per heavy atom. The molecule has 0 aromatic heterocycles. The van der Waals surface area contributed by atoms with Gasteiger partial charge in [0, 0.05) is 17.4 Å². The van der Waals surface area contributed by atoms with Crippen LogP contribution < -0.4 is 0 Å². The summed E-state index contributed by atoms with van der Waals surface area (Å²) in [7, 11) is 0. The van der Waals surface area contributed by atoms with E-state index in [0.29, 0.717) is 5.57 Å². The molecule has 3 nitrogen and oxygen atoms in total. The Bertz CT molecular complexity index is 439. The minimum atomic E-state index is -0.937. The molecule has 0 aromatic rings. The van der Waals surface area contributed by atoms with Crippen molar-refractivity contribution in [3.8, 4) is 0 Å². The van der Waals surface area contributed by atoms with E-state index in [-0.39, 0.29) is 23.7 Å². The molecule has 18 heavy (non-hydrogen) atoms. The molecule has 5 atom stereocenters. The zero-order chi connectivity index (χ0) is 13.1. The molecule has 1 heterocycles. The third-order valence-electron chi connectivity index (χ3n) is 5.27. The number of ether oxygens (including phenoxy) is 1. The van der Waals surface area contributed by atoms with Crippen LogP contribution in [-0.4, -0.2) is 22.8 Å². The largest absolute Gasteiger partial charge is 0.455 e. The van der Waals surface area contributed by atoms with Gasteiger partial charge < -0.3 is 9.84 Å². The van der Waals surface area contributed by atoms with Crippen molar-refractivity contribution in [1.29, 1.82) is 0 Å². The van der Waals surface area contributed by atoms with Crippen LogP contribution in [0.25, 0.3) is 0 Å². The number of hydrogen-bond acceptors (Lipinski definition) is 3. The van der Waals surface area contributed by atoms with Crippen LogP contribution in [0.5, 0.6) is 0 Å². The molecule has 1 saturated heterocycles. The molecule has 0 unspecified atom stereocenters. The van der Waals surface area contributed by atoms with Gasteiger partial charge in [-0.3, -0.25) is 0 Å². The molecule has 0 spiro atoms. The summed E-state index contributed by atoms with van der Waals surface area (Å²) < 4.78 is 5.46. The van der Waals surface area contributed by atoms with Crippen molar-refractivity contribution in [2.75, 3.05) is 0 Å². The van der Waals surface area contributed by atoms with E-state index in [1.165, 1.54) is 0 Å². The van der Waals surface area contributed by atoms with Crippen LogP contribution in [-0.2, 0) is 9.53 Å². The lowest BCUT2D eigenvalue weighted by molar-refractivity contribution is -0.163. The Labute approximate surface area is 108 Å². The maximum atomic E-state index is 11.7. The third kappa shape index (κ3) is 1.31. The zero-order valence-corrected chi connectivity index (χ0v) is 10.8. The predicted octanol–water partition coefficient (Wildman–Crippen LogP) is 2.21. The summed E-state index contributed by atoms with van der Waals surface area (Å²) in [5.41, 5.74) is 0.703. The molecule has 0 amide bonds.